The molecule has 0 bridgehead atoms. The molecule has 3 rings (SSSR count). The molecule has 2 aromatic rings. The van der Waals surface area contributed by atoms with E-state index in [1.165, 1.54) is 7.05 Å². The first-order chi connectivity index (χ1) is 9.10. The SMILES string of the molecule is CN1N=C(c2ccccc2)c2ccccc2S1(=O)=O. The third kappa shape index (κ3) is 1.82. The number of benzene rings is 2. The summed E-state index contributed by atoms with van der Waals surface area (Å²) >= 11 is 0. The Hall–Kier alpha value is -2.14. The van der Waals surface area contributed by atoms with E-state index < -0.39 is 10.0 Å². The Kier molecular flexibility index (Phi) is 2.64. The Morgan fingerprint density at radius 3 is 2.32 bits per heavy atom. The van der Waals surface area contributed by atoms with Crippen molar-refractivity contribution in [3.05, 3.63) is 65.7 Å². The number of hydrogen-bond acceptors (Lipinski definition) is 3. The second kappa shape index (κ2) is 4.20. The van der Waals surface area contributed by atoms with Crippen LogP contribution in [0.3, 0.4) is 0 Å². The predicted molar refractivity (Wildman–Crippen MR) is 73.5 cm³/mol. The van der Waals surface area contributed by atoms with Gasteiger partial charge in [-0.3, -0.25) is 0 Å². The average molecular weight is 272 g/mol. The van der Waals surface area contributed by atoms with E-state index in [-0.39, 0.29) is 0 Å². The van der Waals surface area contributed by atoms with Crippen LogP contribution in [0.5, 0.6) is 0 Å². The van der Waals surface area contributed by atoms with Crippen molar-refractivity contribution in [2.24, 2.45) is 5.10 Å². The molecule has 0 aliphatic carbocycles. The van der Waals surface area contributed by atoms with Crippen molar-refractivity contribution in [3.8, 4) is 0 Å². The molecule has 0 spiro atoms. The molecule has 19 heavy (non-hydrogen) atoms. The van der Waals surface area contributed by atoms with E-state index in [0.29, 0.717) is 16.2 Å². The second-order valence-corrected chi connectivity index (χ2v) is 6.17. The van der Waals surface area contributed by atoms with Crippen LogP contribution in [0.25, 0.3) is 0 Å². The maximum atomic E-state index is 12.2. The summed E-state index contributed by atoms with van der Waals surface area (Å²) in [4.78, 5) is 0.298. The molecule has 4 nitrogen and oxygen atoms in total. The van der Waals surface area contributed by atoms with Crippen LogP contribution < -0.4 is 0 Å². The second-order valence-electron chi connectivity index (χ2n) is 4.25. The lowest BCUT2D eigenvalue weighted by molar-refractivity contribution is 0.485. The lowest BCUT2D eigenvalue weighted by Crippen LogP contribution is -2.30. The highest BCUT2D eigenvalue weighted by molar-refractivity contribution is 7.89. The van der Waals surface area contributed by atoms with Gasteiger partial charge in [-0.1, -0.05) is 48.5 Å². The monoisotopic (exact) mass is 272 g/mol. The summed E-state index contributed by atoms with van der Waals surface area (Å²) in [5, 5.41) is 4.21. The molecule has 0 aromatic heterocycles. The van der Waals surface area contributed by atoms with Gasteiger partial charge in [-0.15, -0.1) is 0 Å². The van der Waals surface area contributed by atoms with Crippen molar-refractivity contribution in [3.63, 3.8) is 0 Å². The molecule has 0 amide bonds. The standard InChI is InChI=1S/C14H12N2O2S/c1-16-15-14(11-7-3-2-4-8-11)12-9-5-6-10-13(12)19(16,17)18/h2-10H,1H3. The van der Waals surface area contributed by atoms with Gasteiger partial charge in [-0.2, -0.15) is 17.9 Å². The molecule has 1 heterocycles. The Bertz CT molecular complexity index is 752. The van der Waals surface area contributed by atoms with Crippen LogP contribution in [0.1, 0.15) is 11.1 Å². The van der Waals surface area contributed by atoms with E-state index in [2.05, 4.69) is 5.10 Å². The number of sulfonamides is 1. The van der Waals surface area contributed by atoms with Gasteiger partial charge in [0.25, 0.3) is 10.0 Å². The molecule has 0 radical (unpaired) electrons. The van der Waals surface area contributed by atoms with Crippen molar-refractivity contribution in [1.29, 1.82) is 0 Å². The van der Waals surface area contributed by atoms with Crippen LogP contribution >= 0.6 is 0 Å². The van der Waals surface area contributed by atoms with Crippen LogP contribution in [0.4, 0.5) is 0 Å². The minimum atomic E-state index is -3.52. The van der Waals surface area contributed by atoms with Crippen molar-refractivity contribution < 1.29 is 8.42 Å². The highest BCUT2D eigenvalue weighted by Gasteiger charge is 2.30. The molecular formula is C14H12N2O2S. The number of rotatable bonds is 1. The summed E-state index contributed by atoms with van der Waals surface area (Å²) in [5.74, 6) is 0. The first-order valence-electron chi connectivity index (χ1n) is 5.83. The smallest absolute Gasteiger partial charge is 0.200 e. The van der Waals surface area contributed by atoms with E-state index in [1.807, 2.05) is 36.4 Å². The molecule has 0 fully saturated rings. The summed E-state index contributed by atoms with van der Waals surface area (Å²) in [5.41, 5.74) is 2.22. The lowest BCUT2D eigenvalue weighted by atomic mass is 10.0. The first kappa shape index (κ1) is 11.9. The quantitative estimate of drug-likeness (QED) is 0.798. The Morgan fingerprint density at radius 1 is 0.947 bits per heavy atom. The van der Waals surface area contributed by atoms with E-state index >= 15 is 0 Å². The van der Waals surface area contributed by atoms with E-state index in [4.69, 9.17) is 0 Å². The maximum Gasteiger partial charge on any atom is 0.279 e. The predicted octanol–water partition coefficient (Wildman–Crippen LogP) is 2.07. The van der Waals surface area contributed by atoms with Crippen LogP contribution in [0, 0.1) is 0 Å². The normalized spacial score (nSPS) is 16.7. The summed E-state index contributed by atoms with van der Waals surface area (Å²) in [6.45, 7) is 0. The lowest BCUT2D eigenvalue weighted by Gasteiger charge is -2.24. The minimum absolute atomic E-state index is 0.298. The fourth-order valence-electron chi connectivity index (χ4n) is 2.09. The summed E-state index contributed by atoms with van der Waals surface area (Å²) in [6.07, 6.45) is 0. The third-order valence-corrected chi connectivity index (χ3v) is 4.75. The molecule has 0 saturated carbocycles. The van der Waals surface area contributed by atoms with Gasteiger partial charge in [-0.05, 0) is 6.07 Å². The summed E-state index contributed by atoms with van der Waals surface area (Å²) in [7, 11) is -2.06. The topological polar surface area (TPSA) is 49.7 Å². The highest BCUT2D eigenvalue weighted by Crippen LogP contribution is 2.27. The minimum Gasteiger partial charge on any atom is -0.200 e. The third-order valence-electron chi connectivity index (χ3n) is 3.06. The molecule has 5 heteroatoms. The van der Waals surface area contributed by atoms with Gasteiger partial charge in [-0.25, -0.2) is 0 Å². The zero-order valence-electron chi connectivity index (χ0n) is 10.3. The Morgan fingerprint density at radius 2 is 1.58 bits per heavy atom. The number of hydrazone groups is 1. The average Bonchev–Trinajstić information content (AvgIpc) is 2.44. The number of hydrogen-bond donors (Lipinski definition) is 0. The fourth-order valence-corrected chi connectivity index (χ4v) is 3.25. The number of fused-ring (bicyclic) bond motifs is 1. The van der Waals surface area contributed by atoms with Crippen molar-refractivity contribution >= 4 is 15.7 Å². The van der Waals surface area contributed by atoms with E-state index in [0.717, 1.165) is 9.98 Å². The van der Waals surface area contributed by atoms with Crippen molar-refractivity contribution in [2.45, 2.75) is 4.90 Å². The van der Waals surface area contributed by atoms with Gasteiger partial charge in [0.15, 0.2) is 0 Å². The van der Waals surface area contributed by atoms with Gasteiger partial charge < -0.3 is 0 Å². The van der Waals surface area contributed by atoms with Gasteiger partial charge >= 0.3 is 0 Å². The van der Waals surface area contributed by atoms with Crippen molar-refractivity contribution in [1.82, 2.24) is 4.41 Å². The summed E-state index contributed by atoms with van der Waals surface area (Å²) in [6, 6.07) is 16.5. The molecule has 0 saturated heterocycles. The molecular weight excluding hydrogens is 260 g/mol. The molecule has 0 N–H and O–H groups in total. The molecule has 96 valence electrons. The van der Waals surface area contributed by atoms with Crippen molar-refractivity contribution in [2.75, 3.05) is 7.05 Å². The zero-order valence-corrected chi connectivity index (χ0v) is 11.1. The molecule has 2 aromatic carbocycles. The number of nitrogens with zero attached hydrogens (tertiary/aromatic N) is 2. The fraction of sp³-hybridized carbons (Fsp3) is 0.0714. The molecule has 0 unspecified atom stereocenters. The Balaban J connectivity index is 2.29. The largest absolute Gasteiger partial charge is 0.279 e. The van der Waals surface area contributed by atoms with E-state index in [9.17, 15) is 8.42 Å². The van der Waals surface area contributed by atoms with Crippen LogP contribution in [0.2, 0.25) is 0 Å². The van der Waals surface area contributed by atoms with Gasteiger partial charge in [0.1, 0.15) is 5.71 Å². The molecule has 1 aliphatic heterocycles. The van der Waals surface area contributed by atoms with Gasteiger partial charge in [0.2, 0.25) is 0 Å². The van der Waals surface area contributed by atoms with Gasteiger partial charge in [0.05, 0.1) is 4.90 Å². The zero-order chi connectivity index (χ0) is 13.5. The van der Waals surface area contributed by atoms with Crippen LogP contribution in [-0.4, -0.2) is 25.6 Å². The molecule has 1 aliphatic rings. The maximum absolute atomic E-state index is 12.2. The molecule has 0 atom stereocenters. The highest BCUT2D eigenvalue weighted by atomic mass is 32.2. The van der Waals surface area contributed by atoms with E-state index in [1.54, 1.807) is 18.2 Å². The van der Waals surface area contributed by atoms with Gasteiger partial charge in [0, 0.05) is 18.2 Å². The first-order valence-corrected chi connectivity index (χ1v) is 7.27. The van der Waals surface area contributed by atoms with Crippen LogP contribution in [0.15, 0.2) is 64.6 Å². The summed E-state index contributed by atoms with van der Waals surface area (Å²) < 4.78 is 25.4. The Labute approximate surface area is 112 Å². The van der Waals surface area contributed by atoms with Crippen LogP contribution in [-0.2, 0) is 10.0 Å².